The van der Waals surface area contributed by atoms with E-state index in [0.29, 0.717) is 23.6 Å². The van der Waals surface area contributed by atoms with Gasteiger partial charge >= 0.3 is 6.18 Å². The number of fused-ring (bicyclic) bond motifs is 1. The van der Waals surface area contributed by atoms with Gasteiger partial charge in [-0.1, -0.05) is 23.7 Å². The van der Waals surface area contributed by atoms with E-state index in [1.54, 1.807) is 24.4 Å². The predicted molar refractivity (Wildman–Crippen MR) is 138 cm³/mol. The minimum atomic E-state index is -4.63. The van der Waals surface area contributed by atoms with Crippen LogP contribution in [-0.2, 0) is 17.4 Å². The summed E-state index contributed by atoms with van der Waals surface area (Å²) in [6, 6.07) is 9.14. The summed E-state index contributed by atoms with van der Waals surface area (Å²) in [4.78, 5) is 30.0. The number of likely N-dealkylation sites (tertiary alicyclic amines) is 1. The zero-order valence-corrected chi connectivity index (χ0v) is 21.5. The number of H-pyrrole nitrogens is 1. The lowest BCUT2D eigenvalue weighted by Crippen LogP contribution is -2.34. The zero-order chi connectivity index (χ0) is 26.3. The molecule has 2 aliphatic rings. The molecule has 2 aromatic carbocycles. The number of alkyl halides is 3. The minimum absolute atomic E-state index is 0.0291. The first kappa shape index (κ1) is 25.8. The molecule has 37 heavy (non-hydrogen) atoms. The molecule has 2 amide bonds. The van der Waals surface area contributed by atoms with Crippen LogP contribution in [0.5, 0.6) is 0 Å². The molecule has 0 saturated carbocycles. The van der Waals surface area contributed by atoms with E-state index in [-0.39, 0.29) is 28.5 Å². The van der Waals surface area contributed by atoms with E-state index in [1.165, 1.54) is 17.0 Å². The summed E-state index contributed by atoms with van der Waals surface area (Å²) in [6.07, 6.45) is -0.485. The Kier molecular flexibility index (Phi) is 7.08. The van der Waals surface area contributed by atoms with Gasteiger partial charge in [0.15, 0.2) is 0 Å². The minimum Gasteiger partial charge on any atom is -0.303 e. The van der Waals surface area contributed by atoms with Crippen molar-refractivity contribution in [2.24, 2.45) is 0 Å². The van der Waals surface area contributed by atoms with Gasteiger partial charge in [0, 0.05) is 23.0 Å². The Morgan fingerprint density at radius 1 is 1.22 bits per heavy atom. The molecule has 0 spiro atoms. The van der Waals surface area contributed by atoms with Crippen molar-refractivity contribution in [3.63, 3.8) is 0 Å². The van der Waals surface area contributed by atoms with E-state index in [2.05, 4.69) is 15.1 Å². The van der Waals surface area contributed by atoms with Crippen LogP contribution in [0.15, 0.2) is 47.5 Å². The van der Waals surface area contributed by atoms with Gasteiger partial charge in [0.05, 0.1) is 22.2 Å². The molecule has 1 aromatic heterocycles. The summed E-state index contributed by atoms with van der Waals surface area (Å²) in [7, 11) is 2.03. The molecule has 2 aliphatic heterocycles. The lowest BCUT2D eigenvalue weighted by Gasteiger charge is -2.21. The quantitative estimate of drug-likeness (QED) is 0.363. The van der Waals surface area contributed by atoms with Crippen molar-refractivity contribution < 1.29 is 22.8 Å². The molecular formula is C26H24ClF3N4O2S. The molecule has 1 unspecified atom stereocenters. The third kappa shape index (κ3) is 5.28. The average Bonchev–Trinajstić information content (AvgIpc) is 3.55. The lowest BCUT2D eigenvalue weighted by atomic mass is 9.93. The molecule has 194 valence electrons. The Morgan fingerprint density at radius 3 is 2.76 bits per heavy atom. The third-order valence-electron chi connectivity index (χ3n) is 7.01. The zero-order valence-electron chi connectivity index (χ0n) is 19.9. The number of nitrogens with one attached hydrogen (secondary N) is 1. The van der Waals surface area contributed by atoms with Crippen LogP contribution in [0.25, 0.3) is 16.5 Å². The van der Waals surface area contributed by atoms with Gasteiger partial charge in [-0.2, -0.15) is 18.3 Å². The van der Waals surface area contributed by atoms with E-state index < -0.39 is 22.9 Å². The molecule has 0 radical (unpaired) electrons. The number of thioether (sulfide) groups is 1. The normalized spacial score (nSPS) is 20.5. The second kappa shape index (κ2) is 10.2. The average molecular weight is 549 g/mol. The number of amides is 2. The second-order valence-corrected chi connectivity index (χ2v) is 10.7. The van der Waals surface area contributed by atoms with Crippen molar-refractivity contribution in [2.45, 2.75) is 37.9 Å². The molecule has 1 atom stereocenters. The van der Waals surface area contributed by atoms with Gasteiger partial charge in [-0.15, -0.1) is 0 Å². The predicted octanol–water partition coefficient (Wildman–Crippen LogP) is 6.37. The SMILES string of the molecule is CN1CCCC1CCN1C(=O)S/C(=C(/Cc2ccc(Cl)cc2C(F)(F)F)c2ccc3[nH]ncc3c2)C1=O. The number of hydrogen-bond acceptors (Lipinski definition) is 5. The molecule has 11 heteroatoms. The van der Waals surface area contributed by atoms with Crippen LogP contribution in [0.4, 0.5) is 18.0 Å². The Labute approximate surface area is 220 Å². The van der Waals surface area contributed by atoms with E-state index in [0.717, 1.165) is 48.1 Å². The van der Waals surface area contributed by atoms with Gasteiger partial charge in [0.25, 0.3) is 11.1 Å². The van der Waals surface area contributed by atoms with Crippen LogP contribution in [0.1, 0.15) is 36.0 Å². The van der Waals surface area contributed by atoms with Crippen LogP contribution in [-0.4, -0.2) is 57.3 Å². The van der Waals surface area contributed by atoms with Crippen LogP contribution in [0.2, 0.25) is 5.02 Å². The van der Waals surface area contributed by atoms with Crippen LogP contribution >= 0.6 is 23.4 Å². The summed E-state index contributed by atoms with van der Waals surface area (Å²) < 4.78 is 41.6. The van der Waals surface area contributed by atoms with Crippen molar-refractivity contribution >= 4 is 51.0 Å². The molecule has 0 bridgehead atoms. The van der Waals surface area contributed by atoms with Crippen LogP contribution in [0.3, 0.4) is 0 Å². The second-order valence-electron chi connectivity index (χ2n) is 9.35. The van der Waals surface area contributed by atoms with Crippen LogP contribution < -0.4 is 0 Å². The highest BCUT2D eigenvalue weighted by atomic mass is 35.5. The number of aromatic amines is 1. The molecule has 0 aliphatic carbocycles. The Morgan fingerprint density at radius 2 is 2.03 bits per heavy atom. The first-order valence-corrected chi connectivity index (χ1v) is 13.1. The molecule has 2 saturated heterocycles. The largest absolute Gasteiger partial charge is 0.416 e. The van der Waals surface area contributed by atoms with E-state index in [9.17, 15) is 22.8 Å². The monoisotopic (exact) mass is 548 g/mol. The first-order chi connectivity index (χ1) is 17.6. The number of rotatable bonds is 6. The van der Waals surface area contributed by atoms with E-state index >= 15 is 0 Å². The van der Waals surface area contributed by atoms with Gasteiger partial charge in [-0.25, -0.2) is 0 Å². The summed E-state index contributed by atoms with van der Waals surface area (Å²) in [5.74, 6) is -0.472. The standard InChI is InChI=1S/C26H24ClF3N4O2S/c1-33-9-2-3-19(33)8-10-34-24(35)23(37-25(34)36)20(15-5-7-22-17(11-15)14-31-32-22)12-16-4-6-18(27)13-21(16)26(28,29)30/h4-7,11,13-14,19H,2-3,8-10,12H2,1H3,(H,31,32)/b23-20-. The van der Waals surface area contributed by atoms with Gasteiger partial charge in [-0.3, -0.25) is 19.6 Å². The van der Waals surface area contributed by atoms with E-state index in [1.807, 2.05) is 7.05 Å². The maximum Gasteiger partial charge on any atom is 0.416 e. The number of carbonyl (C=O) groups excluding carboxylic acids is 2. The maximum absolute atomic E-state index is 13.9. The van der Waals surface area contributed by atoms with Gasteiger partial charge in [0.2, 0.25) is 0 Å². The van der Waals surface area contributed by atoms with Crippen LogP contribution in [0, 0.1) is 0 Å². The van der Waals surface area contributed by atoms with Gasteiger partial charge in [-0.05, 0) is 92.0 Å². The van der Waals surface area contributed by atoms with Crippen molar-refractivity contribution in [3.05, 3.63) is 69.2 Å². The summed E-state index contributed by atoms with van der Waals surface area (Å²) in [5.41, 5.74) is 0.765. The molecule has 2 fully saturated rings. The maximum atomic E-state index is 13.9. The third-order valence-corrected chi connectivity index (χ3v) is 8.27. The highest BCUT2D eigenvalue weighted by Gasteiger charge is 2.39. The number of hydrogen-bond donors (Lipinski definition) is 1. The first-order valence-electron chi connectivity index (χ1n) is 11.9. The Balaban J connectivity index is 1.55. The number of allylic oxidation sites excluding steroid dienone is 1. The molecule has 6 nitrogen and oxygen atoms in total. The molecule has 3 aromatic rings. The summed E-state index contributed by atoms with van der Waals surface area (Å²) in [6.45, 7) is 1.25. The number of aromatic nitrogens is 2. The molecule has 3 heterocycles. The van der Waals surface area contributed by atoms with Gasteiger partial charge < -0.3 is 4.90 Å². The van der Waals surface area contributed by atoms with Crippen molar-refractivity contribution in [1.29, 1.82) is 0 Å². The summed E-state index contributed by atoms with van der Waals surface area (Å²) >= 11 is 6.67. The van der Waals surface area contributed by atoms with Crippen molar-refractivity contribution in [2.75, 3.05) is 20.1 Å². The van der Waals surface area contributed by atoms with Crippen molar-refractivity contribution in [3.8, 4) is 0 Å². The number of carbonyl (C=O) groups is 2. The fourth-order valence-corrected chi connectivity index (χ4v) is 6.14. The fraction of sp³-hybridized carbons (Fsp3) is 0.346. The molecule has 1 N–H and O–H groups in total. The van der Waals surface area contributed by atoms with E-state index in [4.69, 9.17) is 11.6 Å². The summed E-state index contributed by atoms with van der Waals surface area (Å²) in [5, 5.41) is 7.15. The number of imide groups is 1. The lowest BCUT2D eigenvalue weighted by molar-refractivity contribution is -0.138. The molecular weight excluding hydrogens is 525 g/mol. The Hall–Kier alpha value is -2.82. The number of nitrogens with zero attached hydrogens (tertiary/aromatic N) is 3. The topological polar surface area (TPSA) is 69.3 Å². The highest BCUT2D eigenvalue weighted by Crippen LogP contribution is 2.41. The fourth-order valence-electron chi connectivity index (χ4n) is 5.00. The molecule has 5 rings (SSSR count). The van der Waals surface area contributed by atoms with Crippen molar-refractivity contribution in [1.82, 2.24) is 20.0 Å². The number of halogens is 4. The highest BCUT2D eigenvalue weighted by molar-refractivity contribution is 8.18. The smallest absolute Gasteiger partial charge is 0.303 e. The number of benzene rings is 2. The van der Waals surface area contributed by atoms with Gasteiger partial charge in [0.1, 0.15) is 0 Å². The Bertz CT molecular complexity index is 1400.